The fourth-order valence-electron chi connectivity index (χ4n) is 0.361. The van der Waals surface area contributed by atoms with E-state index in [9.17, 15) is 0 Å². The normalized spacial score (nSPS) is 9.25. The predicted octanol–water partition coefficient (Wildman–Crippen LogP) is 0.169. The quantitative estimate of drug-likeness (QED) is 0.522. The van der Waals surface area contributed by atoms with Gasteiger partial charge in [0.2, 0.25) is 0 Å². The third-order valence-electron chi connectivity index (χ3n) is 0.655. The number of quaternary nitrogens is 1. The van der Waals surface area contributed by atoms with Gasteiger partial charge in [-0.1, -0.05) is 6.92 Å². The second kappa shape index (κ2) is 4.81. The predicted molar refractivity (Wildman–Crippen MR) is 33.1 cm³/mol. The maximum absolute atomic E-state index is 5.08. The molecule has 0 aliphatic rings. The van der Waals surface area contributed by atoms with E-state index in [0.29, 0.717) is 6.61 Å². The molecule has 0 heterocycles. The molecule has 0 fully saturated rings. The van der Waals surface area contributed by atoms with Crippen molar-refractivity contribution in [2.24, 2.45) is 0 Å². The Morgan fingerprint density at radius 1 is 1.75 bits per heavy atom. The van der Waals surface area contributed by atoms with Gasteiger partial charge in [-0.25, -0.2) is 0 Å². The van der Waals surface area contributed by atoms with Crippen molar-refractivity contribution in [2.75, 3.05) is 13.2 Å². The lowest BCUT2D eigenvalue weighted by Crippen LogP contribution is -2.48. The molecule has 0 rings (SSSR count). The highest BCUT2D eigenvalue weighted by Gasteiger charge is 1.87. The van der Waals surface area contributed by atoms with Gasteiger partial charge in [0.25, 0.3) is 0 Å². The number of ether oxygens (including phenoxy) is 1. The maximum Gasteiger partial charge on any atom is 0.123 e. The van der Waals surface area contributed by atoms with Gasteiger partial charge in [0, 0.05) is 6.61 Å². The topological polar surface area (TPSA) is 36.9 Å². The van der Waals surface area contributed by atoms with E-state index in [2.05, 4.69) is 19.2 Å². The van der Waals surface area contributed by atoms with E-state index in [1.165, 1.54) is 0 Å². The first-order valence-electron chi connectivity index (χ1n) is 2.85. The molecule has 48 valence electrons. The number of rotatable bonds is 4. The minimum atomic E-state index is 0.605. The minimum Gasteiger partial charge on any atom is -0.371 e. The monoisotopic (exact) mass is 116 g/mol. The summed E-state index contributed by atoms with van der Waals surface area (Å²) in [5.74, 6) is 0. The van der Waals surface area contributed by atoms with Crippen LogP contribution in [0.25, 0.3) is 0 Å². The highest BCUT2D eigenvalue weighted by atomic mass is 16.5. The Kier molecular flexibility index (Phi) is 4.61. The molecule has 0 radical (unpaired) electrons. The Bertz CT molecular complexity index is 70.9. The van der Waals surface area contributed by atoms with Crippen LogP contribution in [0.1, 0.15) is 13.3 Å². The largest absolute Gasteiger partial charge is 0.371 e. The molecule has 0 aliphatic carbocycles. The first-order chi connectivity index (χ1) is 3.77. The van der Waals surface area contributed by atoms with Gasteiger partial charge in [-0.15, -0.1) is 0 Å². The highest BCUT2D eigenvalue weighted by Crippen LogP contribution is 1.81. The molecule has 0 aromatic carbocycles. The molecule has 2 heteroatoms. The van der Waals surface area contributed by atoms with Crippen LogP contribution in [0.5, 0.6) is 0 Å². The van der Waals surface area contributed by atoms with Crippen LogP contribution in [0.15, 0.2) is 12.3 Å². The SMILES string of the molecule is C=C([NH3+])COCCC. The summed E-state index contributed by atoms with van der Waals surface area (Å²) in [6, 6.07) is 0. The lowest BCUT2D eigenvalue weighted by molar-refractivity contribution is -0.311. The van der Waals surface area contributed by atoms with E-state index < -0.39 is 0 Å². The molecular weight excluding hydrogens is 102 g/mol. The Balaban J connectivity index is 2.82. The summed E-state index contributed by atoms with van der Waals surface area (Å²) in [5.41, 5.74) is 4.44. The van der Waals surface area contributed by atoms with Crippen LogP contribution in [0, 0.1) is 0 Å². The van der Waals surface area contributed by atoms with Crippen molar-refractivity contribution in [1.82, 2.24) is 0 Å². The Hall–Kier alpha value is -0.340. The van der Waals surface area contributed by atoms with Gasteiger partial charge in [0.05, 0.1) is 0 Å². The summed E-state index contributed by atoms with van der Waals surface area (Å²) in [4.78, 5) is 0. The average Bonchev–Trinajstić information content (AvgIpc) is 1.66. The van der Waals surface area contributed by atoms with E-state index in [1.807, 2.05) is 0 Å². The van der Waals surface area contributed by atoms with Gasteiger partial charge in [-0.3, -0.25) is 0 Å². The molecule has 8 heavy (non-hydrogen) atoms. The van der Waals surface area contributed by atoms with Gasteiger partial charge in [-0.05, 0) is 13.0 Å². The van der Waals surface area contributed by atoms with Gasteiger partial charge in [0.1, 0.15) is 12.3 Å². The molecule has 3 N–H and O–H groups in total. The van der Waals surface area contributed by atoms with Crippen molar-refractivity contribution in [2.45, 2.75) is 13.3 Å². The summed E-state index contributed by atoms with van der Waals surface area (Å²) in [5, 5.41) is 0. The molecule has 0 aliphatic heterocycles. The minimum absolute atomic E-state index is 0.605. The van der Waals surface area contributed by atoms with E-state index in [0.717, 1.165) is 18.7 Å². The molecule has 2 nitrogen and oxygen atoms in total. The Labute approximate surface area is 50.3 Å². The Morgan fingerprint density at radius 3 is 2.75 bits per heavy atom. The highest BCUT2D eigenvalue weighted by molar-refractivity contribution is 4.74. The van der Waals surface area contributed by atoms with Crippen LogP contribution in [0.4, 0.5) is 0 Å². The standard InChI is InChI=1S/C6H13NO/c1-3-4-8-5-6(2)7/h2-5,7H2,1H3/p+1. The molecule has 0 aromatic rings. The van der Waals surface area contributed by atoms with Crippen LogP contribution in [-0.4, -0.2) is 13.2 Å². The van der Waals surface area contributed by atoms with Crippen LogP contribution >= 0.6 is 0 Å². The van der Waals surface area contributed by atoms with Gasteiger partial charge < -0.3 is 10.5 Å². The van der Waals surface area contributed by atoms with E-state index >= 15 is 0 Å². The zero-order valence-electron chi connectivity index (χ0n) is 5.44. The van der Waals surface area contributed by atoms with Crippen LogP contribution in [0.2, 0.25) is 0 Å². The summed E-state index contributed by atoms with van der Waals surface area (Å²) >= 11 is 0. The molecule has 0 saturated carbocycles. The van der Waals surface area contributed by atoms with E-state index in [-0.39, 0.29) is 0 Å². The smallest absolute Gasteiger partial charge is 0.123 e. The van der Waals surface area contributed by atoms with Crippen molar-refractivity contribution in [3.63, 3.8) is 0 Å². The number of hydrogen-bond acceptors (Lipinski definition) is 1. The molecule has 0 bridgehead atoms. The summed E-state index contributed by atoms with van der Waals surface area (Å²) in [6.45, 7) is 7.09. The van der Waals surface area contributed by atoms with Crippen LogP contribution in [-0.2, 0) is 4.74 Å². The van der Waals surface area contributed by atoms with Crippen molar-refractivity contribution >= 4 is 0 Å². The third kappa shape index (κ3) is 5.66. The van der Waals surface area contributed by atoms with Gasteiger partial charge in [0.15, 0.2) is 0 Å². The van der Waals surface area contributed by atoms with Crippen molar-refractivity contribution in [1.29, 1.82) is 0 Å². The summed E-state index contributed by atoms with van der Waals surface area (Å²) in [6.07, 6.45) is 1.06. The van der Waals surface area contributed by atoms with Crippen molar-refractivity contribution in [3.05, 3.63) is 12.3 Å². The van der Waals surface area contributed by atoms with E-state index in [4.69, 9.17) is 4.74 Å². The average molecular weight is 116 g/mol. The molecule has 0 saturated heterocycles. The zero-order valence-corrected chi connectivity index (χ0v) is 5.44. The summed E-state index contributed by atoms with van der Waals surface area (Å²) < 4.78 is 5.08. The fraction of sp³-hybridized carbons (Fsp3) is 0.667. The molecule has 0 spiro atoms. The van der Waals surface area contributed by atoms with Crippen molar-refractivity contribution in [3.8, 4) is 0 Å². The lowest BCUT2D eigenvalue weighted by atomic mass is 10.5. The van der Waals surface area contributed by atoms with E-state index in [1.54, 1.807) is 0 Å². The maximum atomic E-state index is 5.08. The second-order valence-corrected chi connectivity index (χ2v) is 1.80. The third-order valence-corrected chi connectivity index (χ3v) is 0.655. The zero-order chi connectivity index (χ0) is 6.41. The number of hydrogen-bond donors (Lipinski definition) is 1. The molecule has 0 unspecified atom stereocenters. The Morgan fingerprint density at radius 2 is 2.38 bits per heavy atom. The van der Waals surface area contributed by atoms with Crippen LogP contribution in [0.3, 0.4) is 0 Å². The lowest BCUT2D eigenvalue weighted by Gasteiger charge is -1.95. The first-order valence-corrected chi connectivity index (χ1v) is 2.85. The van der Waals surface area contributed by atoms with Crippen LogP contribution < -0.4 is 5.73 Å². The molecule has 0 aromatic heterocycles. The molecular formula is C6H14NO+. The first kappa shape index (κ1) is 7.66. The molecule has 0 amide bonds. The second-order valence-electron chi connectivity index (χ2n) is 1.80. The van der Waals surface area contributed by atoms with Gasteiger partial charge in [-0.2, -0.15) is 0 Å². The van der Waals surface area contributed by atoms with Crippen molar-refractivity contribution < 1.29 is 10.5 Å². The van der Waals surface area contributed by atoms with Gasteiger partial charge >= 0.3 is 0 Å². The molecule has 0 atom stereocenters. The fourth-order valence-corrected chi connectivity index (χ4v) is 0.361. The summed E-state index contributed by atoms with van der Waals surface area (Å²) in [7, 11) is 0.